The predicted molar refractivity (Wildman–Crippen MR) is 105 cm³/mol. The summed E-state index contributed by atoms with van der Waals surface area (Å²) in [5, 5.41) is 5.61. The topological polar surface area (TPSA) is 79.5 Å². The molecule has 0 aliphatic heterocycles. The van der Waals surface area contributed by atoms with Crippen LogP contribution in [0.25, 0.3) is 0 Å². The van der Waals surface area contributed by atoms with Crippen molar-refractivity contribution in [3.63, 3.8) is 0 Å². The Bertz CT molecular complexity index is 723. The molecule has 0 saturated carbocycles. The third-order valence-corrected chi connectivity index (χ3v) is 2.75. The van der Waals surface area contributed by atoms with Crippen LogP contribution in [0.3, 0.4) is 0 Å². The molecule has 0 radical (unpaired) electrons. The molecule has 5 nitrogen and oxygen atoms in total. The molecule has 1 amide bonds. The minimum absolute atomic E-state index is 0. The Hall–Kier alpha value is -2.53. The largest absolute Gasteiger partial charge is 0.370 e. The third-order valence-electron chi connectivity index (χ3n) is 2.75. The molecule has 2 rings (SSSR count). The molecule has 4 N–H and O–H groups in total. The van der Waals surface area contributed by atoms with E-state index in [9.17, 15) is 4.79 Å². The molecule has 23 heavy (non-hydrogen) atoms. The van der Waals surface area contributed by atoms with E-state index < -0.39 is 0 Å². The molecule has 0 unspecified atom stereocenters. The maximum absolute atomic E-state index is 11.8. The Morgan fingerprint density at radius 3 is 2.48 bits per heavy atom. The summed E-state index contributed by atoms with van der Waals surface area (Å²) in [5.74, 6) is 2.42. The van der Waals surface area contributed by atoms with Crippen LogP contribution >= 0.6 is 24.0 Å². The fourth-order valence-corrected chi connectivity index (χ4v) is 1.75. The van der Waals surface area contributed by atoms with Crippen molar-refractivity contribution in [3.8, 4) is 12.3 Å². The molecule has 118 valence electrons. The van der Waals surface area contributed by atoms with E-state index in [1.165, 1.54) is 0 Å². The van der Waals surface area contributed by atoms with Crippen molar-refractivity contribution < 1.29 is 4.79 Å². The van der Waals surface area contributed by atoms with E-state index in [4.69, 9.17) is 12.2 Å². The molecule has 0 aliphatic carbocycles. The Morgan fingerprint density at radius 2 is 1.78 bits per heavy atom. The van der Waals surface area contributed by atoms with E-state index in [1.807, 2.05) is 30.3 Å². The highest BCUT2D eigenvalue weighted by molar-refractivity contribution is 14.0. The first-order chi connectivity index (χ1) is 10.7. The number of aliphatic imine (C=N–C) groups is 1. The number of terminal acetylenes is 1. The van der Waals surface area contributed by atoms with Crippen molar-refractivity contribution in [2.75, 3.05) is 17.2 Å². The molecule has 0 spiro atoms. The molecule has 0 aliphatic rings. The van der Waals surface area contributed by atoms with Crippen molar-refractivity contribution in [3.05, 3.63) is 60.2 Å². The van der Waals surface area contributed by atoms with Gasteiger partial charge in [-0.15, -0.1) is 30.4 Å². The third kappa shape index (κ3) is 6.40. The number of anilines is 2. The summed E-state index contributed by atoms with van der Waals surface area (Å²) in [5.41, 5.74) is 7.87. The average Bonchev–Trinajstić information content (AvgIpc) is 2.54. The van der Waals surface area contributed by atoms with Gasteiger partial charge in [0.15, 0.2) is 5.96 Å². The molecule has 6 heteroatoms. The second-order valence-electron chi connectivity index (χ2n) is 4.47. The first-order valence-corrected chi connectivity index (χ1v) is 6.66. The normalized spacial score (nSPS) is 10.1. The van der Waals surface area contributed by atoms with E-state index in [2.05, 4.69) is 21.5 Å². The second-order valence-corrected chi connectivity index (χ2v) is 4.47. The molecule has 0 saturated heterocycles. The Kier molecular flexibility index (Phi) is 7.63. The minimum atomic E-state index is -0.271. The lowest BCUT2D eigenvalue weighted by Gasteiger charge is -2.06. The van der Waals surface area contributed by atoms with E-state index in [1.54, 1.807) is 24.3 Å². The van der Waals surface area contributed by atoms with Gasteiger partial charge in [-0.2, -0.15) is 0 Å². The molecule has 0 heterocycles. The van der Waals surface area contributed by atoms with E-state index >= 15 is 0 Å². The van der Waals surface area contributed by atoms with Crippen LogP contribution in [0.5, 0.6) is 0 Å². The van der Waals surface area contributed by atoms with Crippen molar-refractivity contribution in [2.24, 2.45) is 10.7 Å². The van der Waals surface area contributed by atoms with Gasteiger partial charge in [-0.1, -0.05) is 30.2 Å². The lowest BCUT2D eigenvalue weighted by molar-refractivity contribution is -0.114. The number of benzene rings is 2. The van der Waals surface area contributed by atoms with Crippen molar-refractivity contribution >= 4 is 47.2 Å². The summed E-state index contributed by atoms with van der Waals surface area (Å²) >= 11 is 0. The number of para-hydroxylation sites is 1. The zero-order valence-corrected chi connectivity index (χ0v) is 14.7. The van der Waals surface area contributed by atoms with Crippen molar-refractivity contribution in [2.45, 2.75) is 0 Å². The molecule has 0 atom stereocenters. The Morgan fingerprint density at radius 1 is 1.09 bits per heavy atom. The van der Waals surface area contributed by atoms with Gasteiger partial charge < -0.3 is 16.4 Å². The summed E-state index contributed by atoms with van der Waals surface area (Å²) in [6.45, 7) is -0.0774. The number of carbonyl (C=O) groups is 1. The van der Waals surface area contributed by atoms with Gasteiger partial charge in [0.1, 0.15) is 6.54 Å². The minimum Gasteiger partial charge on any atom is -0.370 e. The monoisotopic (exact) mass is 420 g/mol. The SMILES string of the molecule is C#Cc1cccc(NC(=O)CN=C(N)Nc2ccccc2)c1.I. The van der Waals surface area contributed by atoms with Gasteiger partial charge in [0, 0.05) is 16.9 Å². The highest BCUT2D eigenvalue weighted by Crippen LogP contribution is 2.09. The number of nitrogens with two attached hydrogens (primary N) is 1. The summed E-state index contributed by atoms with van der Waals surface area (Å²) in [6.07, 6.45) is 5.31. The van der Waals surface area contributed by atoms with Gasteiger partial charge in [0.2, 0.25) is 5.91 Å². The van der Waals surface area contributed by atoms with E-state index in [-0.39, 0.29) is 42.4 Å². The quantitative estimate of drug-likeness (QED) is 0.308. The molecule has 0 aromatic heterocycles. The zero-order valence-electron chi connectivity index (χ0n) is 12.3. The molecule has 0 bridgehead atoms. The fourth-order valence-electron chi connectivity index (χ4n) is 1.75. The number of nitrogens with zero attached hydrogens (tertiary/aromatic N) is 1. The maximum Gasteiger partial charge on any atom is 0.246 e. The Balaban J connectivity index is 0.00000264. The van der Waals surface area contributed by atoms with Crippen LogP contribution in [-0.2, 0) is 4.79 Å². The number of halogens is 1. The van der Waals surface area contributed by atoms with Crippen molar-refractivity contribution in [1.82, 2.24) is 0 Å². The van der Waals surface area contributed by atoms with Crippen LogP contribution in [0.4, 0.5) is 11.4 Å². The Labute approximate surface area is 152 Å². The summed E-state index contributed by atoms with van der Waals surface area (Å²) < 4.78 is 0. The standard InChI is InChI=1S/C17H16N4O.HI/c1-2-13-7-6-10-15(11-13)20-16(22)12-19-17(18)21-14-8-4-3-5-9-14;/h1,3-11H,12H2,(H,20,22)(H3,18,19,21);1H. The van der Waals surface area contributed by atoms with E-state index in [0.29, 0.717) is 11.3 Å². The van der Waals surface area contributed by atoms with Crippen LogP contribution in [0.2, 0.25) is 0 Å². The fraction of sp³-hybridized carbons (Fsp3) is 0.0588. The lowest BCUT2D eigenvalue weighted by Crippen LogP contribution is -2.25. The van der Waals surface area contributed by atoms with Gasteiger partial charge in [-0.05, 0) is 30.3 Å². The van der Waals surface area contributed by atoms with Gasteiger partial charge in [-0.25, -0.2) is 4.99 Å². The average molecular weight is 420 g/mol. The van der Waals surface area contributed by atoms with Crippen LogP contribution < -0.4 is 16.4 Å². The summed E-state index contributed by atoms with van der Waals surface area (Å²) in [4.78, 5) is 15.8. The number of hydrogen-bond acceptors (Lipinski definition) is 2. The molecule has 2 aromatic carbocycles. The van der Waals surface area contributed by atoms with Crippen LogP contribution in [0, 0.1) is 12.3 Å². The molecular weight excluding hydrogens is 403 g/mol. The van der Waals surface area contributed by atoms with Gasteiger partial charge >= 0.3 is 0 Å². The highest BCUT2D eigenvalue weighted by atomic mass is 127. The molecule has 0 fully saturated rings. The smallest absolute Gasteiger partial charge is 0.246 e. The molecule has 2 aromatic rings. The van der Waals surface area contributed by atoms with E-state index in [0.717, 1.165) is 5.69 Å². The van der Waals surface area contributed by atoms with Gasteiger partial charge in [-0.3, -0.25) is 4.79 Å². The zero-order chi connectivity index (χ0) is 15.8. The predicted octanol–water partition coefficient (Wildman–Crippen LogP) is 2.65. The van der Waals surface area contributed by atoms with Crippen molar-refractivity contribution in [1.29, 1.82) is 0 Å². The lowest BCUT2D eigenvalue weighted by atomic mass is 10.2. The number of amides is 1. The summed E-state index contributed by atoms with van der Waals surface area (Å²) in [6, 6.07) is 16.4. The first kappa shape index (κ1) is 18.5. The number of guanidine groups is 1. The first-order valence-electron chi connectivity index (χ1n) is 6.66. The number of carbonyl (C=O) groups excluding carboxylic acids is 1. The second kappa shape index (κ2) is 9.48. The van der Waals surface area contributed by atoms with Gasteiger partial charge in [0.25, 0.3) is 0 Å². The van der Waals surface area contributed by atoms with Crippen LogP contribution in [-0.4, -0.2) is 18.4 Å². The van der Waals surface area contributed by atoms with Crippen LogP contribution in [0.1, 0.15) is 5.56 Å². The number of rotatable bonds is 4. The maximum atomic E-state index is 11.8. The number of hydrogen-bond donors (Lipinski definition) is 3. The van der Waals surface area contributed by atoms with Gasteiger partial charge in [0.05, 0.1) is 0 Å². The highest BCUT2D eigenvalue weighted by Gasteiger charge is 2.02. The summed E-state index contributed by atoms with van der Waals surface area (Å²) in [7, 11) is 0. The van der Waals surface area contributed by atoms with Crippen LogP contribution in [0.15, 0.2) is 59.6 Å². The molecular formula is C17H17IN4O. The number of nitrogens with one attached hydrogen (secondary N) is 2.